The van der Waals surface area contributed by atoms with Crippen molar-refractivity contribution in [1.82, 2.24) is 14.9 Å². The highest BCUT2D eigenvalue weighted by molar-refractivity contribution is 7.99. The Kier molecular flexibility index (Phi) is 6.92. The molecule has 0 fully saturated rings. The van der Waals surface area contributed by atoms with Crippen LogP contribution in [-0.2, 0) is 4.79 Å². The lowest BCUT2D eigenvalue weighted by Gasteiger charge is -2.11. The molecule has 0 aliphatic rings. The van der Waals surface area contributed by atoms with Crippen LogP contribution in [0.2, 0.25) is 5.02 Å². The fraction of sp³-hybridized carbons (Fsp3) is 0.0435. The maximum atomic E-state index is 12.7. The van der Waals surface area contributed by atoms with Gasteiger partial charge in [0, 0.05) is 11.3 Å². The van der Waals surface area contributed by atoms with Gasteiger partial charge in [0.15, 0.2) is 5.82 Å². The second-order valence-corrected chi connectivity index (χ2v) is 8.21. The lowest BCUT2D eigenvalue weighted by molar-refractivity contribution is -0.113. The molecule has 8 nitrogen and oxygen atoms in total. The topological polar surface area (TPSA) is 115 Å². The van der Waals surface area contributed by atoms with Crippen molar-refractivity contribution in [2.75, 3.05) is 22.2 Å². The highest BCUT2D eigenvalue weighted by Crippen LogP contribution is 2.27. The van der Waals surface area contributed by atoms with Crippen molar-refractivity contribution in [3.8, 4) is 11.4 Å². The molecule has 1 aromatic heterocycles. The van der Waals surface area contributed by atoms with E-state index >= 15 is 0 Å². The van der Waals surface area contributed by atoms with Crippen LogP contribution in [0.25, 0.3) is 11.4 Å². The van der Waals surface area contributed by atoms with Crippen LogP contribution in [-0.4, -0.2) is 32.4 Å². The van der Waals surface area contributed by atoms with Crippen molar-refractivity contribution in [3.05, 3.63) is 89.4 Å². The standard InChI is InChI=1S/C23H19ClN6O2S/c24-18-12-6-4-10-16(18)21-28-29-23(30(21)25)33-14-20(31)27-19-13-7-5-11-17(19)22(32)26-15-8-2-1-3-9-15/h1-13H,14,25H2,(H,26,32)(H,27,31). The van der Waals surface area contributed by atoms with Crippen LogP contribution in [0.3, 0.4) is 0 Å². The van der Waals surface area contributed by atoms with Gasteiger partial charge in [0.05, 0.1) is 22.0 Å². The number of nitrogens with one attached hydrogen (secondary N) is 2. The van der Waals surface area contributed by atoms with Crippen molar-refractivity contribution in [3.63, 3.8) is 0 Å². The first kappa shape index (κ1) is 22.4. The Bertz CT molecular complexity index is 1300. The lowest BCUT2D eigenvalue weighted by Crippen LogP contribution is -2.20. The predicted octanol–water partition coefficient (Wildman–Crippen LogP) is 4.30. The van der Waals surface area contributed by atoms with E-state index in [2.05, 4.69) is 20.8 Å². The summed E-state index contributed by atoms with van der Waals surface area (Å²) in [5, 5.41) is 14.6. The maximum absolute atomic E-state index is 12.7. The van der Waals surface area contributed by atoms with Gasteiger partial charge in [-0.3, -0.25) is 9.59 Å². The van der Waals surface area contributed by atoms with Crippen molar-refractivity contribution < 1.29 is 9.59 Å². The first-order valence-corrected chi connectivity index (χ1v) is 11.2. The Morgan fingerprint density at radius 1 is 0.909 bits per heavy atom. The molecule has 1 heterocycles. The minimum absolute atomic E-state index is 0.0203. The number of thioether (sulfide) groups is 1. The highest BCUT2D eigenvalue weighted by atomic mass is 35.5. The number of rotatable bonds is 7. The van der Waals surface area contributed by atoms with Gasteiger partial charge < -0.3 is 16.5 Å². The number of carbonyl (C=O) groups is 2. The summed E-state index contributed by atoms with van der Waals surface area (Å²) >= 11 is 7.33. The van der Waals surface area contributed by atoms with Crippen LogP contribution in [0.15, 0.2) is 84.0 Å². The molecule has 3 aromatic carbocycles. The average Bonchev–Trinajstić information content (AvgIpc) is 3.19. The van der Waals surface area contributed by atoms with Crippen LogP contribution in [0.5, 0.6) is 0 Å². The SMILES string of the molecule is Nn1c(SCC(=O)Nc2ccccc2C(=O)Nc2ccccc2)nnc1-c1ccccc1Cl. The molecular formula is C23H19ClN6O2S. The molecule has 0 atom stereocenters. The third-order valence-corrected chi connectivity index (χ3v) is 5.86. The molecule has 166 valence electrons. The van der Waals surface area contributed by atoms with Crippen molar-refractivity contribution in [2.45, 2.75) is 5.16 Å². The Hall–Kier alpha value is -3.82. The Labute approximate surface area is 199 Å². The fourth-order valence-corrected chi connectivity index (χ4v) is 3.90. The Morgan fingerprint density at radius 3 is 2.39 bits per heavy atom. The number of nitrogens with two attached hydrogens (primary N) is 1. The van der Waals surface area contributed by atoms with E-state index < -0.39 is 0 Å². The molecule has 33 heavy (non-hydrogen) atoms. The largest absolute Gasteiger partial charge is 0.335 e. The quantitative estimate of drug-likeness (QED) is 0.269. The smallest absolute Gasteiger partial charge is 0.257 e. The molecule has 4 N–H and O–H groups in total. The highest BCUT2D eigenvalue weighted by Gasteiger charge is 2.17. The minimum Gasteiger partial charge on any atom is -0.335 e. The number of hydrogen-bond donors (Lipinski definition) is 3. The van der Waals surface area contributed by atoms with Crippen LogP contribution in [0.1, 0.15) is 10.4 Å². The number of para-hydroxylation sites is 2. The number of nitrogen functional groups attached to an aromatic ring is 1. The third-order valence-electron chi connectivity index (χ3n) is 4.59. The average molecular weight is 479 g/mol. The van der Waals surface area contributed by atoms with Gasteiger partial charge in [0.1, 0.15) is 0 Å². The van der Waals surface area contributed by atoms with Gasteiger partial charge in [0.25, 0.3) is 5.91 Å². The zero-order chi connectivity index (χ0) is 23.2. The summed E-state index contributed by atoms with van der Waals surface area (Å²) in [6.45, 7) is 0. The Morgan fingerprint density at radius 2 is 1.61 bits per heavy atom. The molecular weight excluding hydrogens is 460 g/mol. The summed E-state index contributed by atoms with van der Waals surface area (Å²) < 4.78 is 1.29. The van der Waals surface area contributed by atoms with E-state index in [1.807, 2.05) is 24.3 Å². The van der Waals surface area contributed by atoms with E-state index in [1.165, 1.54) is 4.68 Å². The molecule has 0 aliphatic carbocycles. The summed E-state index contributed by atoms with van der Waals surface area (Å²) in [7, 11) is 0. The summed E-state index contributed by atoms with van der Waals surface area (Å²) in [4.78, 5) is 25.3. The first-order chi connectivity index (χ1) is 16.0. The van der Waals surface area contributed by atoms with E-state index in [0.717, 1.165) is 11.8 Å². The van der Waals surface area contributed by atoms with Crippen LogP contribution < -0.4 is 16.5 Å². The molecule has 0 aliphatic heterocycles. The molecule has 0 radical (unpaired) electrons. The van der Waals surface area contributed by atoms with E-state index in [-0.39, 0.29) is 17.6 Å². The minimum atomic E-state index is -0.323. The molecule has 4 aromatic rings. The number of anilines is 2. The summed E-state index contributed by atoms with van der Waals surface area (Å²) in [6.07, 6.45) is 0. The number of amides is 2. The zero-order valence-electron chi connectivity index (χ0n) is 17.2. The van der Waals surface area contributed by atoms with Gasteiger partial charge in [-0.2, -0.15) is 0 Å². The predicted molar refractivity (Wildman–Crippen MR) is 131 cm³/mol. The van der Waals surface area contributed by atoms with Gasteiger partial charge >= 0.3 is 0 Å². The van der Waals surface area contributed by atoms with Gasteiger partial charge in [-0.05, 0) is 36.4 Å². The van der Waals surface area contributed by atoms with Crippen LogP contribution >= 0.6 is 23.4 Å². The molecule has 2 amide bonds. The number of halogens is 1. The number of nitrogens with zero attached hydrogens (tertiary/aromatic N) is 3. The second kappa shape index (κ2) is 10.2. The summed E-state index contributed by atoms with van der Waals surface area (Å²) in [5.41, 5.74) is 2.06. The van der Waals surface area contributed by atoms with Gasteiger partial charge in [-0.1, -0.05) is 65.8 Å². The van der Waals surface area contributed by atoms with E-state index in [9.17, 15) is 9.59 Å². The molecule has 4 rings (SSSR count). The van der Waals surface area contributed by atoms with Crippen molar-refractivity contribution in [2.24, 2.45) is 0 Å². The molecule has 10 heteroatoms. The normalized spacial score (nSPS) is 10.6. The lowest BCUT2D eigenvalue weighted by atomic mass is 10.1. The number of hydrogen-bond acceptors (Lipinski definition) is 6. The summed E-state index contributed by atoms with van der Waals surface area (Å²) in [5.74, 6) is 5.88. The summed E-state index contributed by atoms with van der Waals surface area (Å²) in [6, 6.07) is 23.0. The van der Waals surface area contributed by atoms with Gasteiger partial charge in [-0.25, -0.2) is 4.68 Å². The molecule has 0 saturated heterocycles. The zero-order valence-corrected chi connectivity index (χ0v) is 18.8. The second-order valence-electron chi connectivity index (χ2n) is 6.86. The third kappa shape index (κ3) is 5.33. The van der Waals surface area contributed by atoms with E-state index in [0.29, 0.717) is 38.5 Å². The van der Waals surface area contributed by atoms with E-state index in [1.54, 1.807) is 54.6 Å². The molecule has 0 saturated carbocycles. The Balaban J connectivity index is 1.41. The molecule has 0 bridgehead atoms. The number of carbonyl (C=O) groups excluding carboxylic acids is 2. The van der Waals surface area contributed by atoms with Crippen LogP contribution in [0.4, 0.5) is 11.4 Å². The van der Waals surface area contributed by atoms with Gasteiger partial charge in [-0.15, -0.1) is 10.2 Å². The van der Waals surface area contributed by atoms with Crippen molar-refractivity contribution in [1.29, 1.82) is 0 Å². The van der Waals surface area contributed by atoms with E-state index in [4.69, 9.17) is 17.4 Å². The number of aromatic nitrogens is 3. The molecule has 0 unspecified atom stereocenters. The van der Waals surface area contributed by atoms with Crippen molar-refractivity contribution >= 4 is 46.6 Å². The first-order valence-electron chi connectivity index (χ1n) is 9.86. The fourth-order valence-electron chi connectivity index (χ4n) is 3.03. The number of benzene rings is 3. The monoisotopic (exact) mass is 478 g/mol. The van der Waals surface area contributed by atoms with Crippen LogP contribution in [0, 0.1) is 0 Å². The molecule has 0 spiro atoms. The van der Waals surface area contributed by atoms with Gasteiger partial charge in [0.2, 0.25) is 11.1 Å². The maximum Gasteiger partial charge on any atom is 0.257 e.